The second-order valence-corrected chi connectivity index (χ2v) is 3.75. The number of benzene rings is 1. The van der Waals surface area contributed by atoms with Crippen LogP contribution in [0.25, 0.3) is 10.8 Å². The number of nitrogens with one attached hydrogen (secondary N) is 1. The molecule has 1 fully saturated rings. The second kappa shape index (κ2) is 6.05. The summed E-state index contributed by atoms with van der Waals surface area (Å²) < 4.78 is 5.87. The zero-order valence-corrected chi connectivity index (χ0v) is 10.8. The Morgan fingerprint density at radius 2 is 2.00 bits per heavy atom. The van der Waals surface area contributed by atoms with Gasteiger partial charge in [-0.1, -0.05) is 12.1 Å². The van der Waals surface area contributed by atoms with Gasteiger partial charge in [0.15, 0.2) is 0 Å². The number of ether oxygens (including phenoxy) is 1. The number of fused-ring (bicyclic) bond motifs is 1. The number of pyridine rings is 1. The largest absolute Gasteiger partial charge is 0.487 e. The molecule has 17 heavy (non-hydrogen) atoms. The summed E-state index contributed by atoms with van der Waals surface area (Å²) in [6.07, 6.45) is 3.99. The highest BCUT2D eigenvalue weighted by Gasteiger charge is 2.18. The second-order valence-electron chi connectivity index (χ2n) is 3.75. The van der Waals surface area contributed by atoms with Crippen molar-refractivity contribution in [2.24, 2.45) is 0 Å². The fourth-order valence-corrected chi connectivity index (χ4v) is 1.72. The van der Waals surface area contributed by atoms with Gasteiger partial charge in [0.25, 0.3) is 0 Å². The van der Waals surface area contributed by atoms with Gasteiger partial charge in [0.05, 0.1) is 0 Å². The molecule has 0 spiro atoms. The third-order valence-electron chi connectivity index (χ3n) is 2.68. The topological polar surface area (TPSA) is 34.1 Å². The molecule has 0 amide bonds. The molecule has 1 N–H and O–H groups in total. The molecular formula is C12H14Cl2N2O. The van der Waals surface area contributed by atoms with E-state index in [1.807, 2.05) is 30.5 Å². The maximum Gasteiger partial charge on any atom is 0.127 e. The highest BCUT2D eigenvalue weighted by molar-refractivity contribution is 5.87. The summed E-state index contributed by atoms with van der Waals surface area (Å²) >= 11 is 0. The number of hydrogen-bond donors (Lipinski definition) is 1. The van der Waals surface area contributed by atoms with Gasteiger partial charge in [0.2, 0.25) is 0 Å². The molecule has 0 saturated carbocycles. The van der Waals surface area contributed by atoms with Crippen molar-refractivity contribution in [3.8, 4) is 5.75 Å². The lowest BCUT2D eigenvalue weighted by molar-refractivity contribution is 0.144. The van der Waals surface area contributed by atoms with E-state index in [4.69, 9.17) is 4.74 Å². The molecule has 1 aromatic carbocycles. The highest BCUT2D eigenvalue weighted by Crippen LogP contribution is 2.25. The number of aromatic nitrogens is 1. The van der Waals surface area contributed by atoms with Crippen molar-refractivity contribution in [3.05, 3.63) is 36.7 Å². The molecule has 2 aromatic rings. The lowest BCUT2D eigenvalue weighted by atomic mass is 10.1. The molecule has 0 bridgehead atoms. The van der Waals surface area contributed by atoms with Crippen molar-refractivity contribution in [2.45, 2.75) is 6.10 Å². The third-order valence-corrected chi connectivity index (χ3v) is 2.68. The van der Waals surface area contributed by atoms with Crippen LogP contribution in [0.5, 0.6) is 5.75 Å². The van der Waals surface area contributed by atoms with Crippen LogP contribution in [-0.2, 0) is 0 Å². The van der Waals surface area contributed by atoms with E-state index < -0.39 is 0 Å². The van der Waals surface area contributed by atoms with E-state index in [9.17, 15) is 0 Å². The minimum absolute atomic E-state index is 0. The normalized spacial score (nSPS) is 14.4. The highest BCUT2D eigenvalue weighted by atomic mass is 35.5. The lowest BCUT2D eigenvalue weighted by Crippen LogP contribution is -2.50. The Hall–Kier alpha value is -1.03. The van der Waals surface area contributed by atoms with E-state index in [1.54, 1.807) is 6.20 Å². The van der Waals surface area contributed by atoms with Crippen LogP contribution in [0, 0.1) is 0 Å². The Bertz CT molecular complexity index is 483. The van der Waals surface area contributed by atoms with Gasteiger partial charge >= 0.3 is 0 Å². The first-order valence-corrected chi connectivity index (χ1v) is 5.13. The Balaban J connectivity index is 0.000000722. The molecule has 0 unspecified atom stereocenters. The van der Waals surface area contributed by atoms with E-state index in [-0.39, 0.29) is 24.8 Å². The maximum atomic E-state index is 5.87. The molecule has 92 valence electrons. The van der Waals surface area contributed by atoms with Crippen LogP contribution >= 0.6 is 24.8 Å². The van der Waals surface area contributed by atoms with Crippen molar-refractivity contribution in [2.75, 3.05) is 13.1 Å². The third kappa shape index (κ3) is 2.80. The quantitative estimate of drug-likeness (QED) is 0.912. The lowest BCUT2D eigenvalue weighted by Gasteiger charge is -2.28. The minimum Gasteiger partial charge on any atom is -0.487 e. The predicted octanol–water partition coefficient (Wildman–Crippen LogP) is 2.43. The summed E-state index contributed by atoms with van der Waals surface area (Å²) in [6.45, 7) is 1.89. The van der Waals surface area contributed by atoms with Gasteiger partial charge < -0.3 is 10.1 Å². The van der Waals surface area contributed by atoms with Gasteiger partial charge in [-0.05, 0) is 12.1 Å². The zero-order chi connectivity index (χ0) is 10.1. The van der Waals surface area contributed by atoms with Crippen molar-refractivity contribution in [3.63, 3.8) is 0 Å². The van der Waals surface area contributed by atoms with Crippen LogP contribution in [0.15, 0.2) is 36.7 Å². The number of rotatable bonds is 2. The fourth-order valence-electron chi connectivity index (χ4n) is 1.72. The number of halogens is 2. The van der Waals surface area contributed by atoms with E-state index in [1.165, 1.54) is 0 Å². The SMILES string of the molecule is Cl.Cl.c1cc(OC2CNC2)c2ccncc2c1. The van der Waals surface area contributed by atoms with Crippen LogP contribution in [0.2, 0.25) is 0 Å². The molecular weight excluding hydrogens is 259 g/mol. The molecule has 5 heteroatoms. The molecule has 1 saturated heterocycles. The minimum atomic E-state index is 0. The summed E-state index contributed by atoms with van der Waals surface area (Å²) in [5.41, 5.74) is 0. The molecule has 0 atom stereocenters. The Kier molecular flexibility index (Phi) is 5.00. The average molecular weight is 273 g/mol. The van der Waals surface area contributed by atoms with Gasteiger partial charge in [-0.3, -0.25) is 4.98 Å². The van der Waals surface area contributed by atoms with Crippen LogP contribution in [0.4, 0.5) is 0 Å². The maximum absolute atomic E-state index is 5.87. The number of nitrogens with zero attached hydrogens (tertiary/aromatic N) is 1. The first-order chi connectivity index (χ1) is 7.43. The van der Waals surface area contributed by atoms with Crippen LogP contribution in [-0.4, -0.2) is 24.2 Å². The van der Waals surface area contributed by atoms with E-state index in [0.29, 0.717) is 6.10 Å². The van der Waals surface area contributed by atoms with Gasteiger partial charge in [-0.2, -0.15) is 0 Å². The van der Waals surface area contributed by atoms with Crippen molar-refractivity contribution < 1.29 is 4.74 Å². The molecule has 0 aliphatic carbocycles. The van der Waals surface area contributed by atoms with Crippen LogP contribution in [0.3, 0.4) is 0 Å². The van der Waals surface area contributed by atoms with E-state index >= 15 is 0 Å². The molecule has 0 radical (unpaired) electrons. The van der Waals surface area contributed by atoms with Crippen LogP contribution in [0.1, 0.15) is 0 Å². The van der Waals surface area contributed by atoms with Crippen molar-refractivity contribution >= 4 is 35.6 Å². The molecule has 3 rings (SSSR count). The van der Waals surface area contributed by atoms with E-state index in [2.05, 4.69) is 10.3 Å². The summed E-state index contributed by atoms with van der Waals surface area (Å²) in [6, 6.07) is 8.07. The average Bonchev–Trinajstić information content (AvgIpc) is 2.23. The van der Waals surface area contributed by atoms with Crippen molar-refractivity contribution in [1.82, 2.24) is 10.3 Å². The summed E-state index contributed by atoms with van der Waals surface area (Å²) in [5, 5.41) is 5.46. The first-order valence-electron chi connectivity index (χ1n) is 5.13. The van der Waals surface area contributed by atoms with Gasteiger partial charge in [0, 0.05) is 36.3 Å². The first kappa shape index (κ1) is 14.0. The summed E-state index contributed by atoms with van der Waals surface area (Å²) in [7, 11) is 0. The summed E-state index contributed by atoms with van der Waals surface area (Å²) in [4.78, 5) is 4.10. The molecule has 1 aliphatic rings. The summed E-state index contributed by atoms with van der Waals surface area (Å²) in [5.74, 6) is 0.960. The molecule has 3 nitrogen and oxygen atoms in total. The monoisotopic (exact) mass is 272 g/mol. The van der Waals surface area contributed by atoms with Gasteiger partial charge in [-0.15, -0.1) is 24.8 Å². The van der Waals surface area contributed by atoms with E-state index in [0.717, 1.165) is 29.6 Å². The molecule has 2 heterocycles. The standard InChI is InChI=1S/C12H12N2O.2ClH/c1-2-9-6-13-5-4-11(9)12(3-1)15-10-7-14-8-10;;/h1-6,10,14H,7-8H2;2*1H. The van der Waals surface area contributed by atoms with Gasteiger partial charge in [-0.25, -0.2) is 0 Å². The fraction of sp³-hybridized carbons (Fsp3) is 0.250. The predicted molar refractivity (Wildman–Crippen MR) is 73.5 cm³/mol. The zero-order valence-electron chi connectivity index (χ0n) is 9.13. The Labute approximate surface area is 112 Å². The van der Waals surface area contributed by atoms with Crippen LogP contribution < -0.4 is 10.1 Å². The van der Waals surface area contributed by atoms with Crippen molar-refractivity contribution in [1.29, 1.82) is 0 Å². The molecule has 1 aromatic heterocycles. The van der Waals surface area contributed by atoms with Gasteiger partial charge in [0.1, 0.15) is 11.9 Å². The number of hydrogen-bond acceptors (Lipinski definition) is 3. The smallest absolute Gasteiger partial charge is 0.127 e. The Morgan fingerprint density at radius 3 is 2.71 bits per heavy atom. The molecule has 1 aliphatic heterocycles. The Morgan fingerprint density at radius 1 is 1.18 bits per heavy atom.